The summed E-state index contributed by atoms with van der Waals surface area (Å²) in [6.07, 6.45) is 8.38. The topological polar surface area (TPSA) is 29.9 Å². The highest BCUT2D eigenvalue weighted by atomic mass is 14.9. The zero-order valence-electron chi connectivity index (χ0n) is 11.0. The number of aromatic nitrogens is 2. The summed E-state index contributed by atoms with van der Waals surface area (Å²) in [6, 6.07) is 8.25. The third kappa shape index (κ3) is 4.00. The summed E-state index contributed by atoms with van der Waals surface area (Å²) in [5, 5.41) is 3.41. The summed E-state index contributed by atoms with van der Waals surface area (Å²) in [4.78, 5) is 4.34. The summed E-state index contributed by atoms with van der Waals surface area (Å²) in [5.41, 5.74) is 2.50. The van der Waals surface area contributed by atoms with Crippen molar-refractivity contribution in [3.8, 4) is 0 Å². The first-order chi connectivity index (χ1) is 8.88. The first-order valence-corrected chi connectivity index (χ1v) is 6.64. The van der Waals surface area contributed by atoms with E-state index in [0.29, 0.717) is 0 Å². The highest BCUT2D eigenvalue weighted by Gasteiger charge is 1.98. The first kappa shape index (κ1) is 12.8. The molecule has 0 fully saturated rings. The lowest BCUT2D eigenvalue weighted by atomic mass is 10.3. The van der Waals surface area contributed by atoms with Crippen LogP contribution < -0.4 is 5.32 Å². The van der Waals surface area contributed by atoms with Crippen molar-refractivity contribution in [3.05, 3.63) is 54.1 Å². The number of aryl methyl sites for hydroxylation is 2. The van der Waals surface area contributed by atoms with Gasteiger partial charge in [0.15, 0.2) is 0 Å². The van der Waals surface area contributed by atoms with Crippen LogP contribution in [0.25, 0.3) is 0 Å². The quantitative estimate of drug-likeness (QED) is 0.758. The molecule has 0 unspecified atom stereocenters. The van der Waals surface area contributed by atoms with Gasteiger partial charge in [0.2, 0.25) is 0 Å². The molecule has 0 amide bonds. The Balaban J connectivity index is 1.80. The largest absolute Gasteiger partial charge is 0.354 e. The summed E-state index contributed by atoms with van der Waals surface area (Å²) in [7, 11) is 0. The second kappa shape index (κ2) is 6.97. The second-order valence-electron chi connectivity index (χ2n) is 4.51. The van der Waals surface area contributed by atoms with Crippen molar-refractivity contribution in [2.75, 3.05) is 6.54 Å². The minimum atomic E-state index is 0.963. The van der Waals surface area contributed by atoms with Crippen LogP contribution in [0.2, 0.25) is 0 Å². The summed E-state index contributed by atoms with van der Waals surface area (Å²) < 4.78 is 2.23. The molecule has 0 radical (unpaired) electrons. The highest BCUT2D eigenvalue weighted by Crippen LogP contribution is 2.03. The van der Waals surface area contributed by atoms with E-state index in [1.165, 1.54) is 12.0 Å². The molecule has 0 bridgehead atoms. The monoisotopic (exact) mass is 243 g/mol. The van der Waals surface area contributed by atoms with Crippen LogP contribution in [0.1, 0.15) is 24.6 Å². The lowest BCUT2D eigenvalue weighted by Crippen LogP contribution is -2.13. The lowest BCUT2D eigenvalue weighted by Gasteiger charge is -2.03. The average molecular weight is 243 g/mol. The average Bonchev–Trinajstić information content (AvgIpc) is 2.86. The number of rotatable bonds is 7. The zero-order chi connectivity index (χ0) is 12.6. The number of nitrogens with one attached hydrogen (secondary N) is 1. The summed E-state index contributed by atoms with van der Waals surface area (Å²) >= 11 is 0. The Bertz CT molecular complexity index is 448. The summed E-state index contributed by atoms with van der Waals surface area (Å²) in [6.45, 7) is 5.22. The van der Waals surface area contributed by atoms with Crippen molar-refractivity contribution in [2.45, 2.75) is 32.9 Å². The Hall–Kier alpha value is -1.61. The molecule has 3 nitrogen and oxygen atoms in total. The van der Waals surface area contributed by atoms with Crippen LogP contribution in [-0.2, 0) is 19.5 Å². The third-order valence-electron chi connectivity index (χ3n) is 2.92. The minimum Gasteiger partial charge on any atom is -0.354 e. The standard InChI is InChI=1S/C15H21N3/c1-2-8-16-12-14-6-10-18(13-14)11-7-15-5-3-4-9-17-15/h3-6,9-10,13,16H,2,7-8,11-12H2,1H3. The van der Waals surface area contributed by atoms with Gasteiger partial charge in [0, 0.05) is 43.8 Å². The molecule has 0 saturated heterocycles. The van der Waals surface area contributed by atoms with Gasteiger partial charge in [-0.1, -0.05) is 13.0 Å². The van der Waals surface area contributed by atoms with Crippen molar-refractivity contribution in [1.29, 1.82) is 0 Å². The van der Waals surface area contributed by atoms with Gasteiger partial charge in [0.25, 0.3) is 0 Å². The molecular weight excluding hydrogens is 222 g/mol. The molecule has 1 N–H and O–H groups in total. The van der Waals surface area contributed by atoms with E-state index in [1.807, 2.05) is 18.3 Å². The van der Waals surface area contributed by atoms with Crippen molar-refractivity contribution < 1.29 is 0 Å². The van der Waals surface area contributed by atoms with E-state index in [2.05, 4.69) is 46.3 Å². The van der Waals surface area contributed by atoms with E-state index >= 15 is 0 Å². The molecule has 0 atom stereocenters. The van der Waals surface area contributed by atoms with Crippen LogP contribution in [0.5, 0.6) is 0 Å². The molecule has 0 aliphatic rings. The van der Waals surface area contributed by atoms with Crippen LogP contribution in [0, 0.1) is 0 Å². The first-order valence-electron chi connectivity index (χ1n) is 6.64. The van der Waals surface area contributed by atoms with Crippen LogP contribution in [0.15, 0.2) is 42.9 Å². The van der Waals surface area contributed by atoms with Gasteiger partial charge < -0.3 is 9.88 Å². The van der Waals surface area contributed by atoms with Gasteiger partial charge in [-0.15, -0.1) is 0 Å². The smallest absolute Gasteiger partial charge is 0.0421 e. The number of hydrogen-bond donors (Lipinski definition) is 1. The molecule has 3 heteroatoms. The summed E-state index contributed by atoms with van der Waals surface area (Å²) in [5.74, 6) is 0. The van der Waals surface area contributed by atoms with E-state index in [4.69, 9.17) is 0 Å². The molecule has 0 aromatic carbocycles. The van der Waals surface area contributed by atoms with Gasteiger partial charge in [0.05, 0.1) is 0 Å². The van der Waals surface area contributed by atoms with Crippen molar-refractivity contribution in [1.82, 2.24) is 14.9 Å². The maximum atomic E-state index is 4.34. The molecule has 0 aliphatic carbocycles. The van der Waals surface area contributed by atoms with E-state index < -0.39 is 0 Å². The third-order valence-corrected chi connectivity index (χ3v) is 2.92. The van der Waals surface area contributed by atoms with E-state index in [-0.39, 0.29) is 0 Å². The van der Waals surface area contributed by atoms with E-state index in [0.717, 1.165) is 31.7 Å². The second-order valence-corrected chi connectivity index (χ2v) is 4.51. The lowest BCUT2D eigenvalue weighted by molar-refractivity contribution is 0.664. The van der Waals surface area contributed by atoms with Gasteiger partial charge in [-0.2, -0.15) is 0 Å². The SMILES string of the molecule is CCCNCc1ccn(CCc2ccccn2)c1. The van der Waals surface area contributed by atoms with Gasteiger partial charge in [-0.3, -0.25) is 4.98 Å². The number of pyridine rings is 1. The number of hydrogen-bond acceptors (Lipinski definition) is 2. The number of nitrogens with zero attached hydrogens (tertiary/aromatic N) is 2. The van der Waals surface area contributed by atoms with Gasteiger partial charge in [-0.25, -0.2) is 0 Å². The molecule has 96 valence electrons. The molecule has 0 spiro atoms. The van der Waals surface area contributed by atoms with Crippen molar-refractivity contribution >= 4 is 0 Å². The Morgan fingerprint density at radius 2 is 2.22 bits per heavy atom. The van der Waals surface area contributed by atoms with Crippen molar-refractivity contribution in [2.24, 2.45) is 0 Å². The molecule has 0 aliphatic heterocycles. The molecule has 2 rings (SSSR count). The van der Waals surface area contributed by atoms with Crippen LogP contribution in [-0.4, -0.2) is 16.1 Å². The van der Waals surface area contributed by atoms with Gasteiger partial charge >= 0.3 is 0 Å². The normalized spacial score (nSPS) is 10.7. The fourth-order valence-electron chi connectivity index (χ4n) is 1.93. The Morgan fingerprint density at radius 3 is 3.00 bits per heavy atom. The molecule has 2 aromatic rings. The zero-order valence-corrected chi connectivity index (χ0v) is 11.0. The van der Waals surface area contributed by atoms with Crippen LogP contribution in [0.4, 0.5) is 0 Å². The Kier molecular flexibility index (Phi) is 4.97. The predicted molar refractivity (Wildman–Crippen MR) is 74.4 cm³/mol. The molecule has 18 heavy (non-hydrogen) atoms. The predicted octanol–water partition coefficient (Wildman–Crippen LogP) is 2.63. The van der Waals surface area contributed by atoms with Crippen LogP contribution in [0.3, 0.4) is 0 Å². The molecular formula is C15H21N3. The van der Waals surface area contributed by atoms with E-state index in [1.54, 1.807) is 0 Å². The van der Waals surface area contributed by atoms with Crippen LogP contribution >= 0.6 is 0 Å². The molecule has 2 heterocycles. The Labute approximate surface area is 109 Å². The van der Waals surface area contributed by atoms with E-state index in [9.17, 15) is 0 Å². The fraction of sp³-hybridized carbons (Fsp3) is 0.400. The van der Waals surface area contributed by atoms with Crippen molar-refractivity contribution in [3.63, 3.8) is 0 Å². The highest BCUT2D eigenvalue weighted by molar-refractivity contribution is 5.10. The van der Waals surface area contributed by atoms with Gasteiger partial charge in [-0.05, 0) is 36.7 Å². The maximum absolute atomic E-state index is 4.34. The molecule has 0 saturated carbocycles. The van der Waals surface area contributed by atoms with Gasteiger partial charge in [0.1, 0.15) is 0 Å². The fourth-order valence-corrected chi connectivity index (χ4v) is 1.93. The maximum Gasteiger partial charge on any atom is 0.0421 e. The minimum absolute atomic E-state index is 0.963. The molecule has 2 aromatic heterocycles. The Morgan fingerprint density at radius 1 is 1.28 bits per heavy atom.